The maximum absolute atomic E-state index is 12.4. The predicted octanol–water partition coefficient (Wildman–Crippen LogP) is 3.43. The Morgan fingerprint density at radius 1 is 1.12 bits per heavy atom. The molecule has 0 N–H and O–H groups in total. The molecule has 0 bridgehead atoms. The molecule has 2 heterocycles. The van der Waals surface area contributed by atoms with Gasteiger partial charge in [-0.2, -0.15) is 10.1 Å². The predicted molar refractivity (Wildman–Crippen MR) is 98.2 cm³/mol. The van der Waals surface area contributed by atoms with E-state index in [9.17, 15) is 4.79 Å². The molecule has 6 heteroatoms. The molecule has 0 amide bonds. The number of hydrogen-bond donors (Lipinski definition) is 0. The van der Waals surface area contributed by atoms with Crippen LogP contribution in [0.1, 0.15) is 23.4 Å². The number of carbonyl (C=O) groups excluding carboxylic acids is 1. The van der Waals surface area contributed by atoms with E-state index in [-0.39, 0.29) is 12.4 Å². The Morgan fingerprint density at radius 2 is 1.92 bits per heavy atom. The van der Waals surface area contributed by atoms with Crippen molar-refractivity contribution >= 4 is 22.5 Å². The molecule has 0 unspecified atom stereocenters. The highest BCUT2D eigenvalue weighted by Gasteiger charge is 2.14. The summed E-state index contributed by atoms with van der Waals surface area (Å²) in [5.74, 6) is 0.896. The summed E-state index contributed by atoms with van der Waals surface area (Å²) in [7, 11) is 0. The van der Waals surface area contributed by atoms with E-state index in [4.69, 9.17) is 4.74 Å². The zero-order valence-electron chi connectivity index (χ0n) is 14.6. The number of hydrogen-bond acceptors (Lipinski definition) is 5. The van der Waals surface area contributed by atoms with Gasteiger partial charge in [-0.1, -0.05) is 36.4 Å². The van der Waals surface area contributed by atoms with Crippen LogP contribution in [-0.2, 0) is 11.2 Å². The number of fused-ring (bicyclic) bond motifs is 2. The lowest BCUT2D eigenvalue weighted by atomic mass is 10.1. The topological polar surface area (TPSA) is 69.4 Å². The van der Waals surface area contributed by atoms with Gasteiger partial charge in [-0.25, -0.2) is 9.50 Å². The fourth-order valence-electron chi connectivity index (χ4n) is 3.20. The smallest absolute Gasteiger partial charge is 0.311 e. The molecule has 0 atom stereocenters. The molecule has 6 nitrogen and oxygen atoms in total. The van der Waals surface area contributed by atoms with E-state index < -0.39 is 0 Å². The number of ether oxygens (including phenoxy) is 1. The normalized spacial score (nSPS) is 11.2. The van der Waals surface area contributed by atoms with E-state index in [1.165, 1.54) is 6.33 Å². The van der Waals surface area contributed by atoms with E-state index >= 15 is 0 Å². The van der Waals surface area contributed by atoms with Crippen LogP contribution in [0.15, 0.2) is 48.8 Å². The van der Waals surface area contributed by atoms with Crippen molar-refractivity contribution in [3.8, 4) is 5.75 Å². The van der Waals surface area contributed by atoms with E-state index in [1.807, 2.05) is 56.3 Å². The van der Waals surface area contributed by atoms with Crippen LogP contribution in [0.4, 0.5) is 0 Å². The van der Waals surface area contributed by atoms with Crippen LogP contribution < -0.4 is 4.74 Å². The van der Waals surface area contributed by atoms with Gasteiger partial charge in [0.05, 0.1) is 6.42 Å². The van der Waals surface area contributed by atoms with Crippen molar-refractivity contribution in [2.45, 2.75) is 26.7 Å². The quantitative estimate of drug-likeness (QED) is 0.418. The number of benzene rings is 2. The van der Waals surface area contributed by atoms with Gasteiger partial charge in [-0.3, -0.25) is 4.79 Å². The second-order valence-electron chi connectivity index (χ2n) is 6.18. The van der Waals surface area contributed by atoms with Crippen molar-refractivity contribution in [3.05, 3.63) is 65.7 Å². The summed E-state index contributed by atoms with van der Waals surface area (Å²) in [4.78, 5) is 20.9. The highest BCUT2D eigenvalue weighted by Crippen LogP contribution is 2.25. The molecule has 0 saturated carbocycles. The summed E-state index contributed by atoms with van der Waals surface area (Å²) in [5, 5.41) is 6.15. The average molecular weight is 346 g/mol. The van der Waals surface area contributed by atoms with Crippen LogP contribution >= 0.6 is 0 Å². The SMILES string of the molecule is Cc1nc2ncnn2c(C)c1CCC(=O)Oc1cccc2ccccc12. The van der Waals surface area contributed by atoms with Crippen molar-refractivity contribution in [2.75, 3.05) is 0 Å². The fourth-order valence-corrected chi connectivity index (χ4v) is 3.20. The summed E-state index contributed by atoms with van der Waals surface area (Å²) in [5.41, 5.74) is 2.81. The Morgan fingerprint density at radius 3 is 2.81 bits per heavy atom. The molecular formula is C20H18N4O2. The summed E-state index contributed by atoms with van der Waals surface area (Å²) < 4.78 is 7.30. The summed E-state index contributed by atoms with van der Waals surface area (Å²) >= 11 is 0. The second-order valence-corrected chi connectivity index (χ2v) is 6.18. The third kappa shape index (κ3) is 2.90. The van der Waals surface area contributed by atoms with Crippen LogP contribution in [0.2, 0.25) is 0 Å². The van der Waals surface area contributed by atoms with Gasteiger partial charge in [0.2, 0.25) is 0 Å². The van der Waals surface area contributed by atoms with Crippen molar-refractivity contribution in [1.29, 1.82) is 0 Å². The largest absolute Gasteiger partial charge is 0.426 e. The van der Waals surface area contributed by atoms with Crippen LogP contribution in [0.3, 0.4) is 0 Å². The molecule has 2 aromatic heterocycles. The van der Waals surface area contributed by atoms with Crippen molar-refractivity contribution in [1.82, 2.24) is 19.6 Å². The van der Waals surface area contributed by atoms with Gasteiger partial charge in [0.1, 0.15) is 12.1 Å². The van der Waals surface area contributed by atoms with Gasteiger partial charge in [0.15, 0.2) is 0 Å². The monoisotopic (exact) mass is 346 g/mol. The molecule has 0 spiro atoms. The first-order valence-corrected chi connectivity index (χ1v) is 8.48. The van der Waals surface area contributed by atoms with E-state index in [1.54, 1.807) is 4.52 Å². The third-order valence-corrected chi connectivity index (χ3v) is 4.54. The zero-order chi connectivity index (χ0) is 18.1. The number of aryl methyl sites for hydroxylation is 2. The molecule has 2 aromatic carbocycles. The summed E-state index contributed by atoms with van der Waals surface area (Å²) in [6.07, 6.45) is 2.30. The van der Waals surface area contributed by atoms with Gasteiger partial charge in [0, 0.05) is 16.8 Å². The number of rotatable bonds is 4. The molecule has 0 radical (unpaired) electrons. The molecule has 0 aliphatic carbocycles. The van der Waals surface area contributed by atoms with Gasteiger partial charge in [-0.05, 0) is 37.3 Å². The van der Waals surface area contributed by atoms with Gasteiger partial charge in [0.25, 0.3) is 5.78 Å². The molecule has 26 heavy (non-hydrogen) atoms. The lowest BCUT2D eigenvalue weighted by Gasteiger charge is -2.11. The maximum Gasteiger partial charge on any atom is 0.311 e. The average Bonchev–Trinajstić information content (AvgIpc) is 3.10. The highest BCUT2D eigenvalue weighted by molar-refractivity contribution is 5.90. The van der Waals surface area contributed by atoms with Gasteiger partial charge >= 0.3 is 5.97 Å². The minimum atomic E-state index is -0.265. The number of carbonyl (C=O) groups is 1. The van der Waals surface area contributed by atoms with Crippen molar-refractivity contribution < 1.29 is 9.53 Å². The van der Waals surface area contributed by atoms with Crippen LogP contribution in [0.5, 0.6) is 5.75 Å². The van der Waals surface area contributed by atoms with E-state index in [2.05, 4.69) is 15.1 Å². The first-order chi connectivity index (χ1) is 12.6. The molecule has 0 saturated heterocycles. The Balaban J connectivity index is 1.52. The van der Waals surface area contributed by atoms with Crippen molar-refractivity contribution in [3.63, 3.8) is 0 Å². The molecule has 0 fully saturated rings. The van der Waals surface area contributed by atoms with Crippen LogP contribution in [0, 0.1) is 13.8 Å². The first-order valence-electron chi connectivity index (χ1n) is 8.48. The molecular weight excluding hydrogens is 328 g/mol. The zero-order valence-corrected chi connectivity index (χ0v) is 14.6. The number of nitrogens with zero attached hydrogens (tertiary/aromatic N) is 4. The fraction of sp³-hybridized carbons (Fsp3) is 0.200. The number of esters is 1. The summed E-state index contributed by atoms with van der Waals surface area (Å²) in [6, 6.07) is 13.6. The molecule has 4 aromatic rings. The maximum atomic E-state index is 12.4. The van der Waals surface area contributed by atoms with Gasteiger partial charge in [-0.15, -0.1) is 0 Å². The van der Waals surface area contributed by atoms with Crippen molar-refractivity contribution in [2.24, 2.45) is 0 Å². The third-order valence-electron chi connectivity index (χ3n) is 4.54. The van der Waals surface area contributed by atoms with E-state index in [0.29, 0.717) is 17.9 Å². The lowest BCUT2D eigenvalue weighted by molar-refractivity contribution is -0.134. The highest BCUT2D eigenvalue weighted by atomic mass is 16.5. The molecule has 0 aliphatic rings. The van der Waals surface area contributed by atoms with Crippen LogP contribution in [0.25, 0.3) is 16.6 Å². The van der Waals surface area contributed by atoms with Gasteiger partial charge < -0.3 is 4.74 Å². The first kappa shape index (κ1) is 16.2. The van der Waals surface area contributed by atoms with E-state index in [0.717, 1.165) is 27.7 Å². The standard InChI is InChI=1S/C20H18N4O2/c1-13-16(14(2)24-20(23-13)21-12-22-24)10-11-19(25)26-18-9-5-7-15-6-3-4-8-17(15)18/h3-9,12H,10-11H2,1-2H3. The molecule has 0 aliphatic heterocycles. The molecule has 4 rings (SSSR count). The van der Waals surface area contributed by atoms with Crippen LogP contribution in [-0.4, -0.2) is 25.6 Å². The Kier molecular flexibility index (Phi) is 4.08. The summed E-state index contributed by atoms with van der Waals surface area (Å²) in [6.45, 7) is 3.88. The Bertz CT molecular complexity index is 1110. The second kappa shape index (κ2) is 6.55. The minimum Gasteiger partial charge on any atom is -0.426 e. The number of aromatic nitrogens is 4. The lowest BCUT2D eigenvalue weighted by Crippen LogP contribution is -2.12. The Labute approximate surface area is 150 Å². The minimum absolute atomic E-state index is 0.265. The Hall–Kier alpha value is -3.28. The molecule has 130 valence electrons.